The van der Waals surface area contributed by atoms with E-state index in [-0.39, 0.29) is 18.4 Å². The average molecular weight is 457 g/mol. The number of amides is 4. The van der Waals surface area contributed by atoms with E-state index >= 15 is 0 Å². The number of nitrogens with zero attached hydrogens (tertiary/aromatic N) is 5. The Kier molecular flexibility index (Phi) is 4.55. The minimum Gasteiger partial charge on any atom is -0.357 e. The summed E-state index contributed by atoms with van der Waals surface area (Å²) in [7, 11) is 1.93. The number of imide groups is 1. The molecule has 9 heteroatoms. The van der Waals surface area contributed by atoms with E-state index in [0.717, 1.165) is 21.5 Å². The van der Waals surface area contributed by atoms with Crippen LogP contribution in [-0.2, 0) is 21.5 Å². The van der Waals surface area contributed by atoms with Gasteiger partial charge in [-0.25, -0.2) is 14.8 Å². The van der Waals surface area contributed by atoms with E-state index in [9.17, 15) is 14.4 Å². The summed E-state index contributed by atoms with van der Waals surface area (Å²) in [6, 6.07) is 14.6. The maximum Gasteiger partial charge on any atom is 0.325 e. The first kappa shape index (κ1) is 20.6. The lowest BCUT2D eigenvalue weighted by atomic mass is 9.92. The van der Waals surface area contributed by atoms with Gasteiger partial charge in [-0.05, 0) is 42.5 Å². The molecule has 0 unspecified atom stereocenters. The molecule has 2 aromatic carbocycles. The molecule has 0 bridgehead atoms. The number of para-hydroxylation sites is 2. The Balaban J connectivity index is 1.32. The molecule has 172 valence electrons. The van der Waals surface area contributed by atoms with Crippen molar-refractivity contribution in [2.24, 2.45) is 0 Å². The van der Waals surface area contributed by atoms with E-state index in [1.165, 1.54) is 0 Å². The van der Waals surface area contributed by atoms with Gasteiger partial charge in [0.2, 0.25) is 5.91 Å². The highest BCUT2D eigenvalue weighted by molar-refractivity contribution is 6.11. The van der Waals surface area contributed by atoms with Crippen LogP contribution in [0.1, 0.15) is 24.0 Å². The van der Waals surface area contributed by atoms with Crippen molar-refractivity contribution in [1.29, 1.82) is 0 Å². The number of carbonyl (C=O) groups excluding carboxylic acids is 3. The summed E-state index contributed by atoms with van der Waals surface area (Å²) in [5, 5.41) is 2.89. The van der Waals surface area contributed by atoms with Crippen LogP contribution in [0.25, 0.3) is 11.0 Å². The highest BCUT2D eigenvalue weighted by Gasteiger charge is 2.55. The van der Waals surface area contributed by atoms with Crippen LogP contribution in [0, 0.1) is 0 Å². The maximum absolute atomic E-state index is 13.5. The van der Waals surface area contributed by atoms with Crippen LogP contribution in [0.4, 0.5) is 16.4 Å². The Morgan fingerprint density at radius 1 is 1.00 bits per heavy atom. The predicted molar refractivity (Wildman–Crippen MR) is 126 cm³/mol. The molecule has 1 fully saturated rings. The van der Waals surface area contributed by atoms with Crippen molar-refractivity contribution in [3.05, 3.63) is 59.7 Å². The van der Waals surface area contributed by atoms with Gasteiger partial charge < -0.3 is 10.2 Å². The first-order valence-corrected chi connectivity index (χ1v) is 11.5. The van der Waals surface area contributed by atoms with Crippen LogP contribution < -0.4 is 15.1 Å². The van der Waals surface area contributed by atoms with E-state index in [0.29, 0.717) is 49.5 Å². The van der Waals surface area contributed by atoms with Crippen molar-refractivity contribution < 1.29 is 14.4 Å². The fourth-order valence-corrected chi connectivity index (χ4v) is 5.29. The lowest BCUT2D eigenvalue weighted by molar-refractivity contribution is -0.134. The second kappa shape index (κ2) is 7.51. The van der Waals surface area contributed by atoms with Crippen LogP contribution in [0.5, 0.6) is 0 Å². The molecule has 3 heterocycles. The summed E-state index contributed by atoms with van der Waals surface area (Å²) in [5.41, 5.74) is 2.23. The van der Waals surface area contributed by atoms with Gasteiger partial charge in [-0.1, -0.05) is 36.4 Å². The molecule has 0 saturated carbocycles. The summed E-state index contributed by atoms with van der Waals surface area (Å²) in [6.07, 6.45) is 1.92. The Morgan fingerprint density at radius 3 is 2.50 bits per heavy atom. The summed E-state index contributed by atoms with van der Waals surface area (Å²) >= 11 is 0. The Labute approximate surface area is 196 Å². The third-order valence-corrected chi connectivity index (χ3v) is 7.04. The zero-order valence-electron chi connectivity index (χ0n) is 18.8. The zero-order valence-corrected chi connectivity index (χ0v) is 18.8. The fourth-order valence-electron chi connectivity index (χ4n) is 5.29. The molecule has 1 spiro atoms. The first-order chi connectivity index (χ1) is 16.5. The Hall–Kier alpha value is -4.01. The largest absolute Gasteiger partial charge is 0.357 e. The highest BCUT2D eigenvalue weighted by atomic mass is 16.2. The number of urea groups is 1. The molecular formula is C25H24N6O3. The van der Waals surface area contributed by atoms with Crippen LogP contribution in [-0.4, -0.2) is 59.4 Å². The summed E-state index contributed by atoms with van der Waals surface area (Å²) < 4.78 is 0. The Bertz CT molecular complexity index is 1360. The molecule has 6 rings (SSSR count). The second-order valence-corrected chi connectivity index (χ2v) is 9.06. The molecule has 2 aliphatic heterocycles. The SMILES string of the molecule is CN1CCCN(C(=O)CN2C(=O)N[C@@]3(CCc4ccccc43)C2=O)c2nc3ccccc3nc21. The number of carbonyl (C=O) groups is 3. The van der Waals surface area contributed by atoms with Gasteiger partial charge in [0.1, 0.15) is 12.1 Å². The molecule has 1 aromatic heterocycles. The van der Waals surface area contributed by atoms with Crippen LogP contribution in [0.3, 0.4) is 0 Å². The molecule has 0 radical (unpaired) electrons. The van der Waals surface area contributed by atoms with Crippen molar-refractivity contribution >= 4 is 40.5 Å². The molecule has 9 nitrogen and oxygen atoms in total. The van der Waals surface area contributed by atoms with Crippen molar-refractivity contribution in [3.8, 4) is 0 Å². The van der Waals surface area contributed by atoms with E-state index < -0.39 is 11.6 Å². The van der Waals surface area contributed by atoms with Gasteiger partial charge in [-0.15, -0.1) is 0 Å². The van der Waals surface area contributed by atoms with Crippen molar-refractivity contribution in [2.45, 2.75) is 24.8 Å². The second-order valence-electron chi connectivity index (χ2n) is 9.06. The van der Waals surface area contributed by atoms with E-state index in [2.05, 4.69) is 5.32 Å². The number of benzene rings is 2. The highest BCUT2D eigenvalue weighted by Crippen LogP contribution is 2.41. The average Bonchev–Trinajstić information content (AvgIpc) is 3.27. The van der Waals surface area contributed by atoms with Gasteiger partial charge in [0.05, 0.1) is 11.0 Å². The van der Waals surface area contributed by atoms with Gasteiger partial charge >= 0.3 is 6.03 Å². The minimum absolute atomic E-state index is 0.341. The monoisotopic (exact) mass is 456 g/mol. The molecule has 34 heavy (non-hydrogen) atoms. The summed E-state index contributed by atoms with van der Waals surface area (Å²) in [5.74, 6) is 0.347. The lowest BCUT2D eigenvalue weighted by Crippen LogP contribution is -2.45. The van der Waals surface area contributed by atoms with Crippen molar-refractivity contribution in [2.75, 3.05) is 36.5 Å². The minimum atomic E-state index is -1.08. The number of rotatable bonds is 2. The zero-order chi connectivity index (χ0) is 23.4. The maximum atomic E-state index is 13.5. The molecule has 1 aliphatic carbocycles. The van der Waals surface area contributed by atoms with Crippen LogP contribution >= 0.6 is 0 Å². The van der Waals surface area contributed by atoms with Crippen LogP contribution in [0.15, 0.2) is 48.5 Å². The number of hydrogen-bond donors (Lipinski definition) is 1. The standard InChI is InChI=1S/C25H24N6O3/c1-29-13-6-14-30(22-21(29)26-18-9-4-5-10-19(18)27-22)20(32)15-31-23(33)25(28-24(31)34)12-11-16-7-2-3-8-17(16)25/h2-5,7-10H,6,11-15H2,1H3,(H,28,34)/t25-/m1/s1. The van der Waals surface area contributed by atoms with Gasteiger partial charge in [-0.2, -0.15) is 0 Å². The predicted octanol–water partition coefficient (Wildman–Crippen LogP) is 2.20. The molecule has 3 aliphatic rings. The molecule has 4 amide bonds. The van der Waals surface area contributed by atoms with E-state index in [1.807, 2.05) is 60.5 Å². The summed E-state index contributed by atoms with van der Waals surface area (Å²) in [4.78, 5) is 54.0. The Morgan fingerprint density at radius 2 is 1.71 bits per heavy atom. The van der Waals surface area contributed by atoms with Crippen molar-refractivity contribution in [3.63, 3.8) is 0 Å². The number of aromatic nitrogens is 2. The number of nitrogens with one attached hydrogen (secondary N) is 1. The quantitative estimate of drug-likeness (QED) is 0.594. The number of anilines is 2. The molecule has 1 N–H and O–H groups in total. The number of hydrogen-bond acceptors (Lipinski definition) is 6. The first-order valence-electron chi connectivity index (χ1n) is 11.5. The van der Waals surface area contributed by atoms with Gasteiger partial charge in [-0.3, -0.25) is 19.4 Å². The van der Waals surface area contributed by atoms with E-state index in [1.54, 1.807) is 4.90 Å². The topological polar surface area (TPSA) is 98.7 Å². The van der Waals surface area contributed by atoms with Gasteiger partial charge in [0.15, 0.2) is 11.6 Å². The van der Waals surface area contributed by atoms with Crippen molar-refractivity contribution in [1.82, 2.24) is 20.2 Å². The molecule has 1 atom stereocenters. The molecule has 1 saturated heterocycles. The molecule has 3 aromatic rings. The third-order valence-electron chi connectivity index (χ3n) is 7.04. The normalized spacial score (nSPS) is 21.6. The van der Waals surface area contributed by atoms with Crippen LogP contribution in [0.2, 0.25) is 0 Å². The third kappa shape index (κ3) is 2.96. The lowest BCUT2D eigenvalue weighted by Gasteiger charge is -2.25. The fraction of sp³-hybridized carbons (Fsp3) is 0.320. The molecular weight excluding hydrogens is 432 g/mol. The van der Waals surface area contributed by atoms with Gasteiger partial charge in [0.25, 0.3) is 5.91 Å². The van der Waals surface area contributed by atoms with E-state index in [4.69, 9.17) is 9.97 Å². The number of aryl methyl sites for hydroxylation is 1. The number of fused-ring (bicyclic) bond motifs is 4. The van der Waals surface area contributed by atoms with Gasteiger partial charge in [0, 0.05) is 20.1 Å². The summed E-state index contributed by atoms with van der Waals surface area (Å²) in [6.45, 7) is 0.805. The smallest absolute Gasteiger partial charge is 0.325 e.